The van der Waals surface area contributed by atoms with Gasteiger partial charge in [0, 0.05) is 18.4 Å². The van der Waals surface area contributed by atoms with Gasteiger partial charge in [-0.05, 0) is 48.1 Å². The molecule has 2 heterocycles. The number of para-hydroxylation sites is 1. The van der Waals surface area contributed by atoms with Crippen LogP contribution in [0.15, 0.2) is 58.7 Å². The fourth-order valence-corrected chi connectivity index (χ4v) is 5.04. The molecule has 0 saturated heterocycles. The summed E-state index contributed by atoms with van der Waals surface area (Å²) >= 11 is 1.32. The minimum atomic E-state index is -0.0972. The van der Waals surface area contributed by atoms with Crippen LogP contribution < -0.4 is 10.9 Å². The number of carbonyl (C=O) groups is 1. The molecule has 1 aliphatic carbocycles. The fraction of sp³-hybridized carbons (Fsp3) is 0.417. The summed E-state index contributed by atoms with van der Waals surface area (Å²) in [4.78, 5) is 34.6. The Bertz CT molecular complexity index is 1120. The number of hydrogen-bond donors (Lipinski definition) is 1. The number of fused-ring (bicyclic) bond motifs is 1. The molecule has 3 unspecified atom stereocenters. The Labute approximate surface area is 186 Å². The quantitative estimate of drug-likeness (QED) is 0.469. The molecule has 4 rings (SSSR count). The largest absolute Gasteiger partial charge is 0.352 e. The third kappa shape index (κ3) is 4.98. The first kappa shape index (κ1) is 21.6. The highest BCUT2D eigenvalue weighted by atomic mass is 32.2. The molecule has 3 aromatic rings. The molecule has 3 atom stereocenters. The highest BCUT2D eigenvalue weighted by Crippen LogP contribution is 2.29. The molecule has 0 bridgehead atoms. The highest BCUT2D eigenvalue weighted by molar-refractivity contribution is 7.99. The maximum atomic E-state index is 13.2. The predicted molar refractivity (Wildman–Crippen MR) is 124 cm³/mol. The molecule has 1 fully saturated rings. The van der Waals surface area contributed by atoms with E-state index in [1.807, 2.05) is 30.3 Å². The maximum absolute atomic E-state index is 13.2. The molecule has 2 aromatic heterocycles. The van der Waals surface area contributed by atoms with E-state index in [4.69, 9.17) is 4.98 Å². The zero-order chi connectivity index (χ0) is 21.8. The average molecular weight is 437 g/mol. The normalized spacial score (nSPS) is 21.2. The van der Waals surface area contributed by atoms with Crippen molar-refractivity contribution in [2.24, 2.45) is 11.8 Å². The lowest BCUT2D eigenvalue weighted by atomic mass is 9.78. The van der Waals surface area contributed by atoms with Gasteiger partial charge in [0.05, 0.1) is 23.2 Å². The van der Waals surface area contributed by atoms with Crippen LogP contribution in [-0.2, 0) is 11.3 Å². The summed E-state index contributed by atoms with van der Waals surface area (Å²) in [5.74, 6) is 1.33. The van der Waals surface area contributed by atoms with Crippen LogP contribution >= 0.6 is 11.8 Å². The number of amides is 1. The maximum Gasteiger partial charge on any atom is 0.262 e. The van der Waals surface area contributed by atoms with Gasteiger partial charge in [0.15, 0.2) is 5.16 Å². The topological polar surface area (TPSA) is 76.9 Å². The number of carbonyl (C=O) groups excluding carboxylic acids is 1. The van der Waals surface area contributed by atoms with E-state index in [9.17, 15) is 9.59 Å². The van der Waals surface area contributed by atoms with E-state index in [1.54, 1.807) is 23.0 Å². The van der Waals surface area contributed by atoms with Gasteiger partial charge in [0.25, 0.3) is 5.56 Å². The van der Waals surface area contributed by atoms with Crippen molar-refractivity contribution in [1.82, 2.24) is 19.9 Å². The lowest BCUT2D eigenvalue weighted by Gasteiger charge is -2.34. The summed E-state index contributed by atoms with van der Waals surface area (Å²) in [6, 6.07) is 11.3. The van der Waals surface area contributed by atoms with Crippen molar-refractivity contribution >= 4 is 28.6 Å². The van der Waals surface area contributed by atoms with Gasteiger partial charge in [0.1, 0.15) is 0 Å². The molecular weight excluding hydrogens is 408 g/mol. The van der Waals surface area contributed by atoms with Crippen molar-refractivity contribution in [3.63, 3.8) is 0 Å². The Morgan fingerprint density at radius 2 is 1.94 bits per heavy atom. The number of rotatable bonds is 6. The van der Waals surface area contributed by atoms with Crippen molar-refractivity contribution in [1.29, 1.82) is 0 Å². The fourth-order valence-electron chi connectivity index (χ4n) is 4.23. The van der Waals surface area contributed by atoms with Crippen molar-refractivity contribution in [3.8, 4) is 0 Å². The molecule has 1 aliphatic rings. The second-order valence-corrected chi connectivity index (χ2v) is 9.33. The lowest BCUT2D eigenvalue weighted by molar-refractivity contribution is -0.120. The first-order valence-corrected chi connectivity index (χ1v) is 11.8. The molecule has 0 radical (unpaired) electrons. The van der Waals surface area contributed by atoms with E-state index in [0.29, 0.717) is 34.4 Å². The predicted octanol–water partition coefficient (Wildman–Crippen LogP) is 3.87. The van der Waals surface area contributed by atoms with Crippen molar-refractivity contribution in [2.75, 3.05) is 5.75 Å². The van der Waals surface area contributed by atoms with Crippen molar-refractivity contribution in [3.05, 3.63) is 64.7 Å². The number of hydrogen-bond acceptors (Lipinski definition) is 5. The van der Waals surface area contributed by atoms with Crippen LogP contribution in [0.25, 0.3) is 10.9 Å². The van der Waals surface area contributed by atoms with E-state index < -0.39 is 0 Å². The minimum absolute atomic E-state index is 0.00572. The molecule has 7 heteroatoms. The van der Waals surface area contributed by atoms with Gasteiger partial charge in [-0.3, -0.25) is 19.1 Å². The van der Waals surface area contributed by atoms with Gasteiger partial charge in [-0.25, -0.2) is 4.98 Å². The molecule has 162 valence electrons. The third-order valence-corrected chi connectivity index (χ3v) is 7.28. The number of pyridine rings is 1. The van der Waals surface area contributed by atoms with Gasteiger partial charge < -0.3 is 5.32 Å². The summed E-state index contributed by atoms with van der Waals surface area (Å²) in [5, 5.41) is 4.34. The Balaban J connectivity index is 1.55. The Kier molecular flexibility index (Phi) is 6.70. The molecule has 6 nitrogen and oxygen atoms in total. The van der Waals surface area contributed by atoms with E-state index in [2.05, 4.69) is 24.1 Å². The Hall–Kier alpha value is -2.67. The minimum Gasteiger partial charge on any atom is -0.352 e. The summed E-state index contributed by atoms with van der Waals surface area (Å²) < 4.78 is 1.65. The van der Waals surface area contributed by atoms with Gasteiger partial charge in [-0.2, -0.15) is 0 Å². The first-order valence-electron chi connectivity index (χ1n) is 10.8. The zero-order valence-corrected chi connectivity index (χ0v) is 18.8. The SMILES string of the molecule is CC1CCCC(NC(=O)CSc2nc3ccccc3c(=O)n2Cc2ccncc2)C1C. The van der Waals surface area contributed by atoms with Gasteiger partial charge >= 0.3 is 0 Å². The van der Waals surface area contributed by atoms with Crippen molar-refractivity contribution < 1.29 is 4.79 Å². The molecule has 31 heavy (non-hydrogen) atoms. The number of nitrogens with zero attached hydrogens (tertiary/aromatic N) is 3. The van der Waals surface area contributed by atoms with E-state index >= 15 is 0 Å². The summed E-state index contributed by atoms with van der Waals surface area (Å²) in [6.07, 6.45) is 6.83. The van der Waals surface area contributed by atoms with Gasteiger partial charge in [-0.1, -0.05) is 50.6 Å². The van der Waals surface area contributed by atoms with Crippen LogP contribution in [0.5, 0.6) is 0 Å². The Morgan fingerprint density at radius 1 is 1.16 bits per heavy atom. The lowest BCUT2D eigenvalue weighted by Crippen LogP contribution is -2.44. The average Bonchev–Trinajstić information content (AvgIpc) is 2.78. The first-order chi connectivity index (χ1) is 15.0. The van der Waals surface area contributed by atoms with E-state index in [1.165, 1.54) is 18.2 Å². The molecular formula is C24H28N4O2S. The number of benzene rings is 1. The smallest absolute Gasteiger partial charge is 0.262 e. The van der Waals surface area contributed by atoms with E-state index in [0.717, 1.165) is 18.4 Å². The molecule has 0 spiro atoms. The van der Waals surface area contributed by atoms with Crippen LogP contribution in [0.2, 0.25) is 0 Å². The molecule has 0 aliphatic heterocycles. The van der Waals surface area contributed by atoms with Crippen LogP contribution in [0, 0.1) is 11.8 Å². The molecule has 1 amide bonds. The summed E-state index contributed by atoms with van der Waals surface area (Å²) in [6.45, 7) is 4.87. The monoisotopic (exact) mass is 436 g/mol. The molecule has 1 saturated carbocycles. The summed E-state index contributed by atoms with van der Waals surface area (Å²) in [5.41, 5.74) is 1.52. The standard InChI is InChI=1S/C24H28N4O2S/c1-16-6-5-9-20(17(16)2)26-22(29)15-31-24-27-21-8-4-3-7-19(21)23(30)28(24)14-18-10-12-25-13-11-18/h3-4,7-8,10-13,16-17,20H,5-6,9,14-15H2,1-2H3,(H,26,29). The van der Waals surface area contributed by atoms with Crippen LogP contribution in [0.1, 0.15) is 38.7 Å². The Morgan fingerprint density at radius 3 is 2.74 bits per heavy atom. The van der Waals surface area contributed by atoms with Gasteiger partial charge in [-0.15, -0.1) is 0 Å². The van der Waals surface area contributed by atoms with Crippen LogP contribution in [0.4, 0.5) is 0 Å². The second-order valence-electron chi connectivity index (χ2n) is 8.39. The molecule has 1 aromatic carbocycles. The third-order valence-electron chi connectivity index (χ3n) is 6.30. The number of aromatic nitrogens is 3. The van der Waals surface area contributed by atoms with Gasteiger partial charge in [0.2, 0.25) is 5.91 Å². The number of thioether (sulfide) groups is 1. The van der Waals surface area contributed by atoms with Crippen LogP contribution in [-0.4, -0.2) is 32.2 Å². The molecule has 1 N–H and O–H groups in total. The summed E-state index contributed by atoms with van der Waals surface area (Å²) in [7, 11) is 0. The second kappa shape index (κ2) is 9.64. The van der Waals surface area contributed by atoms with Crippen molar-refractivity contribution in [2.45, 2.75) is 50.9 Å². The highest BCUT2D eigenvalue weighted by Gasteiger charge is 2.28. The van der Waals surface area contributed by atoms with Crippen LogP contribution in [0.3, 0.4) is 0 Å². The van der Waals surface area contributed by atoms with E-state index in [-0.39, 0.29) is 23.3 Å². The zero-order valence-electron chi connectivity index (χ0n) is 18.0. The number of nitrogens with one attached hydrogen (secondary N) is 1.